The van der Waals surface area contributed by atoms with Crippen LogP contribution in [0.4, 0.5) is 5.69 Å². The van der Waals surface area contributed by atoms with Gasteiger partial charge in [-0.25, -0.2) is 8.42 Å². The Bertz CT molecular complexity index is 525. The van der Waals surface area contributed by atoms with Gasteiger partial charge in [0.1, 0.15) is 6.04 Å². The molecule has 0 amide bonds. The molecule has 1 aromatic rings. The highest BCUT2D eigenvalue weighted by Crippen LogP contribution is 2.13. The molecule has 6 nitrogen and oxygen atoms in total. The number of hydrogen-bond donors (Lipinski definition) is 3. The smallest absolute Gasteiger partial charge is 0.321 e. The van der Waals surface area contributed by atoms with Gasteiger partial charge in [0.2, 0.25) is 10.0 Å². The van der Waals surface area contributed by atoms with Gasteiger partial charge in [0.15, 0.2) is 0 Å². The van der Waals surface area contributed by atoms with Crippen molar-refractivity contribution in [2.45, 2.75) is 37.1 Å². The van der Waals surface area contributed by atoms with E-state index < -0.39 is 22.0 Å². The first-order valence-corrected chi connectivity index (χ1v) is 7.46. The quantitative estimate of drug-likeness (QED) is 0.652. The summed E-state index contributed by atoms with van der Waals surface area (Å²) >= 11 is 0. The molecule has 0 spiro atoms. The molecular weight excluding hydrogens is 268 g/mol. The van der Waals surface area contributed by atoms with E-state index in [4.69, 9.17) is 10.8 Å². The van der Waals surface area contributed by atoms with Crippen molar-refractivity contribution in [3.05, 3.63) is 24.3 Å². The van der Waals surface area contributed by atoms with Gasteiger partial charge in [-0.2, -0.15) is 4.72 Å². The molecule has 7 heteroatoms. The van der Waals surface area contributed by atoms with E-state index >= 15 is 0 Å². The van der Waals surface area contributed by atoms with Gasteiger partial charge >= 0.3 is 5.97 Å². The SMILES string of the molecule is CCCC[C@H](NS(=O)(=O)c1ccc(N)cc1)C(=O)O. The topological polar surface area (TPSA) is 109 Å². The number of aliphatic carboxylic acids is 1. The molecule has 0 aliphatic rings. The molecule has 1 aromatic carbocycles. The van der Waals surface area contributed by atoms with E-state index in [0.717, 1.165) is 6.42 Å². The van der Waals surface area contributed by atoms with Gasteiger partial charge in [-0.15, -0.1) is 0 Å². The Balaban J connectivity index is 2.87. The number of nitrogens with two attached hydrogens (primary N) is 1. The molecular formula is C12H18N2O4S. The summed E-state index contributed by atoms with van der Waals surface area (Å²) in [5.74, 6) is -1.17. The zero-order valence-electron chi connectivity index (χ0n) is 10.7. The summed E-state index contributed by atoms with van der Waals surface area (Å²) in [7, 11) is -3.84. The van der Waals surface area contributed by atoms with Crippen LogP contribution in [0.2, 0.25) is 0 Å². The molecule has 1 atom stereocenters. The third-order valence-corrected chi connectivity index (χ3v) is 4.12. The second-order valence-corrected chi connectivity index (χ2v) is 5.94. The summed E-state index contributed by atoms with van der Waals surface area (Å²) < 4.78 is 26.2. The summed E-state index contributed by atoms with van der Waals surface area (Å²) in [6.45, 7) is 1.91. The maximum atomic E-state index is 12.0. The Hall–Kier alpha value is -1.60. The lowest BCUT2D eigenvalue weighted by molar-refractivity contribution is -0.139. The van der Waals surface area contributed by atoms with Gasteiger partial charge in [-0.05, 0) is 30.7 Å². The second-order valence-electron chi connectivity index (χ2n) is 4.22. The minimum Gasteiger partial charge on any atom is -0.480 e. The molecule has 1 rings (SSSR count). The fourth-order valence-electron chi connectivity index (χ4n) is 1.54. The molecule has 4 N–H and O–H groups in total. The number of unbranched alkanes of at least 4 members (excludes halogenated alkanes) is 1. The number of rotatable bonds is 7. The number of nitrogen functional groups attached to an aromatic ring is 1. The van der Waals surface area contributed by atoms with E-state index in [-0.39, 0.29) is 11.3 Å². The Labute approximate surface area is 112 Å². The van der Waals surface area contributed by atoms with Crippen LogP contribution in [0.1, 0.15) is 26.2 Å². The average Bonchev–Trinajstić information content (AvgIpc) is 2.34. The first kappa shape index (κ1) is 15.5. The molecule has 0 fully saturated rings. The minimum atomic E-state index is -3.84. The van der Waals surface area contributed by atoms with Gasteiger partial charge in [0.25, 0.3) is 0 Å². The summed E-state index contributed by atoms with van der Waals surface area (Å²) in [4.78, 5) is 11.0. The van der Waals surface area contributed by atoms with E-state index in [2.05, 4.69) is 4.72 Å². The predicted octanol–water partition coefficient (Wildman–Crippen LogP) is 1.19. The van der Waals surface area contributed by atoms with Crippen LogP contribution < -0.4 is 10.5 Å². The summed E-state index contributed by atoms with van der Waals surface area (Å²) in [6, 6.07) is 4.49. The Kier molecular flexibility index (Phi) is 5.31. The molecule has 0 saturated carbocycles. The molecule has 0 aliphatic heterocycles. The van der Waals surface area contributed by atoms with Crippen molar-refractivity contribution in [3.63, 3.8) is 0 Å². The monoisotopic (exact) mass is 286 g/mol. The van der Waals surface area contributed by atoms with Crippen LogP contribution in [0.25, 0.3) is 0 Å². The van der Waals surface area contributed by atoms with Crippen molar-refractivity contribution in [2.24, 2.45) is 0 Å². The minimum absolute atomic E-state index is 0.00412. The van der Waals surface area contributed by atoms with Crippen molar-refractivity contribution in [3.8, 4) is 0 Å². The number of benzene rings is 1. The maximum Gasteiger partial charge on any atom is 0.321 e. The molecule has 0 radical (unpaired) electrons. The largest absolute Gasteiger partial charge is 0.480 e. The summed E-state index contributed by atoms with van der Waals surface area (Å²) in [6.07, 6.45) is 1.70. The zero-order valence-corrected chi connectivity index (χ0v) is 11.5. The van der Waals surface area contributed by atoms with Crippen molar-refractivity contribution in [2.75, 3.05) is 5.73 Å². The first-order valence-electron chi connectivity index (χ1n) is 5.97. The lowest BCUT2D eigenvalue weighted by Crippen LogP contribution is -2.40. The van der Waals surface area contributed by atoms with Crippen LogP contribution in [0.5, 0.6) is 0 Å². The lowest BCUT2D eigenvalue weighted by Gasteiger charge is -2.14. The lowest BCUT2D eigenvalue weighted by atomic mass is 10.1. The summed E-state index contributed by atoms with van der Waals surface area (Å²) in [5, 5.41) is 9.01. The first-order chi connectivity index (χ1) is 8.86. The van der Waals surface area contributed by atoms with Crippen LogP contribution in [-0.2, 0) is 14.8 Å². The van der Waals surface area contributed by atoms with Gasteiger partial charge in [-0.3, -0.25) is 4.79 Å². The highest BCUT2D eigenvalue weighted by Gasteiger charge is 2.24. The molecule has 0 aromatic heterocycles. The second kappa shape index (κ2) is 6.53. The van der Waals surface area contributed by atoms with Gasteiger partial charge in [0, 0.05) is 5.69 Å². The Morgan fingerprint density at radius 2 is 1.95 bits per heavy atom. The zero-order chi connectivity index (χ0) is 14.5. The van der Waals surface area contributed by atoms with Gasteiger partial charge < -0.3 is 10.8 Å². The number of carbonyl (C=O) groups is 1. The highest BCUT2D eigenvalue weighted by molar-refractivity contribution is 7.89. The number of nitrogens with one attached hydrogen (secondary N) is 1. The number of anilines is 1. The maximum absolute atomic E-state index is 12.0. The third kappa shape index (κ3) is 4.53. The predicted molar refractivity (Wildman–Crippen MR) is 72.1 cm³/mol. The van der Waals surface area contributed by atoms with Crippen LogP contribution >= 0.6 is 0 Å². The number of sulfonamides is 1. The van der Waals surface area contributed by atoms with Crippen molar-refractivity contribution < 1.29 is 18.3 Å². The van der Waals surface area contributed by atoms with E-state index in [0.29, 0.717) is 12.1 Å². The number of hydrogen-bond acceptors (Lipinski definition) is 4. The standard InChI is InChI=1S/C12H18N2O4S/c1-2-3-4-11(12(15)16)14-19(17,18)10-7-5-9(13)6-8-10/h5-8,11,14H,2-4,13H2,1H3,(H,15,16)/t11-/m0/s1. The molecule has 0 unspecified atom stereocenters. The Morgan fingerprint density at radius 1 is 1.37 bits per heavy atom. The fourth-order valence-corrected chi connectivity index (χ4v) is 2.77. The van der Waals surface area contributed by atoms with E-state index in [1.807, 2.05) is 6.92 Å². The van der Waals surface area contributed by atoms with Crippen LogP contribution in [0, 0.1) is 0 Å². The van der Waals surface area contributed by atoms with E-state index in [1.54, 1.807) is 0 Å². The average molecular weight is 286 g/mol. The Morgan fingerprint density at radius 3 is 2.42 bits per heavy atom. The third-order valence-electron chi connectivity index (χ3n) is 2.63. The van der Waals surface area contributed by atoms with Crippen LogP contribution in [-0.4, -0.2) is 25.5 Å². The molecule has 0 aliphatic carbocycles. The normalized spacial score (nSPS) is 13.1. The molecule has 0 heterocycles. The van der Waals surface area contributed by atoms with Crippen molar-refractivity contribution in [1.82, 2.24) is 4.72 Å². The molecule has 19 heavy (non-hydrogen) atoms. The van der Waals surface area contributed by atoms with Gasteiger partial charge in [0.05, 0.1) is 4.90 Å². The summed E-state index contributed by atoms with van der Waals surface area (Å²) in [5.41, 5.74) is 5.92. The van der Waals surface area contributed by atoms with Crippen molar-refractivity contribution in [1.29, 1.82) is 0 Å². The van der Waals surface area contributed by atoms with Gasteiger partial charge in [-0.1, -0.05) is 19.8 Å². The highest BCUT2D eigenvalue weighted by atomic mass is 32.2. The van der Waals surface area contributed by atoms with Crippen LogP contribution in [0.3, 0.4) is 0 Å². The fraction of sp³-hybridized carbons (Fsp3) is 0.417. The number of carboxylic acids is 1. The molecule has 106 valence electrons. The van der Waals surface area contributed by atoms with Crippen molar-refractivity contribution >= 4 is 21.7 Å². The van der Waals surface area contributed by atoms with E-state index in [9.17, 15) is 13.2 Å². The molecule has 0 saturated heterocycles. The molecule has 0 bridgehead atoms. The number of carboxylic acid groups (broad SMARTS) is 1. The van der Waals surface area contributed by atoms with Crippen LogP contribution in [0.15, 0.2) is 29.2 Å². The van der Waals surface area contributed by atoms with E-state index in [1.165, 1.54) is 24.3 Å².